The minimum Gasteiger partial charge on any atom is -0.383 e. The predicted molar refractivity (Wildman–Crippen MR) is 101 cm³/mol. The topological polar surface area (TPSA) is 56.5 Å². The first-order chi connectivity index (χ1) is 12.7. The Morgan fingerprint density at radius 3 is 3.00 bits per heavy atom. The van der Waals surface area contributed by atoms with Crippen molar-refractivity contribution in [1.82, 2.24) is 9.55 Å². The van der Waals surface area contributed by atoms with E-state index in [0.29, 0.717) is 23.5 Å². The lowest BCUT2D eigenvalue weighted by Gasteiger charge is -2.04. The van der Waals surface area contributed by atoms with E-state index in [4.69, 9.17) is 4.74 Å². The molecular formula is C18H14FN3O2S2. The SMILES string of the molecule is COCCn1c(=NC(=O)c2ccc3ncsc3c2)sc2cc(F)ccc21. The third-order valence-electron chi connectivity index (χ3n) is 3.94. The molecule has 5 nitrogen and oxygen atoms in total. The molecule has 4 aromatic rings. The first-order valence-electron chi connectivity index (χ1n) is 7.86. The zero-order valence-corrected chi connectivity index (χ0v) is 15.4. The van der Waals surface area contributed by atoms with E-state index in [1.54, 1.807) is 30.8 Å². The highest BCUT2D eigenvalue weighted by Gasteiger charge is 2.11. The van der Waals surface area contributed by atoms with Crippen molar-refractivity contribution in [2.24, 2.45) is 4.99 Å². The van der Waals surface area contributed by atoms with E-state index in [0.717, 1.165) is 20.4 Å². The second-order valence-electron chi connectivity index (χ2n) is 5.59. The van der Waals surface area contributed by atoms with Gasteiger partial charge in [0.05, 0.1) is 32.6 Å². The molecule has 1 amide bonds. The molecule has 0 fully saturated rings. The van der Waals surface area contributed by atoms with E-state index in [2.05, 4.69) is 9.98 Å². The number of fused-ring (bicyclic) bond motifs is 2. The van der Waals surface area contributed by atoms with Gasteiger partial charge in [0.1, 0.15) is 5.82 Å². The Morgan fingerprint density at radius 1 is 1.27 bits per heavy atom. The molecule has 2 aromatic heterocycles. The normalized spacial score (nSPS) is 12.3. The van der Waals surface area contributed by atoms with Gasteiger partial charge in [-0.2, -0.15) is 4.99 Å². The van der Waals surface area contributed by atoms with E-state index in [9.17, 15) is 9.18 Å². The van der Waals surface area contributed by atoms with Crippen molar-refractivity contribution >= 4 is 49.0 Å². The van der Waals surface area contributed by atoms with Crippen molar-refractivity contribution < 1.29 is 13.9 Å². The van der Waals surface area contributed by atoms with Gasteiger partial charge in [-0.3, -0.25) is 4.79 Å². The Bertz CT molecular complexity index is 1180. The third kappa shape index (κ3) is 3.18. The molecule has 0 unspecified atom stereocenters. The van der Waals surface area contributed by atoms with Crippen LogP contribution in [0.5, 0.6) is 0 Å². The maximum absolute atomic E-state index is 13.5. The van der Waals surface area contributed by atoms with Crippen molar-refractivity contribution in [3.05, 3.63) is 58.1 Å². The predicted octanol–water partition coefficient (Wildman–Crippen LogP) is 3.84. The molecule has 26 heavy (non-hydrogen) atoms. The summed E-state index contributed by atoms with van der Waals surface area (Å²) in [6, 6.07) is 9.89. The summed E-state index contributed by atoms with van der Waals surface area (Å²) in [6.45, 7) is 1.000. The third-order valence-corrected chi connectivity index (χ3v) is 5.77. The van der Waals surface area contributed by atoms with Gasteiger partial charge in [0.2, 0.25) is 0 Å². The van der Waals surface area contributed by atoms with Crippen LogP contribution in [0.2, 0.25) is 0 Å². The summed E-state index contributed by atoms with van der Waals surface area (Å²) in [5, 5.41) is 0. The highest BCUT2D eigenvalue weighted by atomic mass is 32.1. The molecule has 2 aromatic carbocycles. The van der Waals surface area contributed by atoms with Gasteiger partial charge in [0.15, 0.2) is 4.80 Å². The van der Waals surface area contributed by atoms with Crippen LogP contribution in [0.3, 0.4) is 0 Å². The first-order valence-corrected chi connectivity index (χ1v) is 9.55. The Labute approximate surface area is 156 Å². The molecule has 8 heteroatoms. The van der Waals surface area contributed by atoms with Crippen LogP contribution in [0.15, 0.2) is 46.9 Å². The molecule has 0 N–H and O–H groups in total. The molecule has 0 saturated heterocycles. The highest BCUT2D eigenvalue weighted by molar-refractivity contribution is 7.17. The number of benzene rings is 2. The minimum absolute atomic E-state index is 0.314. The lowest BCUT2D eigenvalue weighted by molar-refractivity contribution is 0.0997. The molecule has 0 spiro atoms. The monoisotopic (exact) mass is 387 g/mol. The van der Waals surface area contributed by atoms with Crippen molar-refractivity contribution in [2.75, 3.05) is 13.7 Å². The molecule has 0 radical (unpaired) electrons. The van der Waals surface area contributed by atoms with Crippen LogP contribution < -0.4 is 4.80 Å². The standard InChI is InChI=1S/C18H14FN3O2S2/c1-24-7-6-22-14-5-3-12(19)9-16(14)26-18(22)21-17(23)11-2-4-13-15(8-11)25-10-20-13/h2-5,8-10H,6-7H2,1H3. The van der Waals surface area contributed by atoms with Gasteiger partial charge < -0.3 is 9.30 Å². The second-order valence-corrected chi connectivity index (χ2v) is 7.49. The Morgan fingerprint density at radius 2 is 2.15 bits per heavy atom. The van der Waals surface area contributed by atoms with Crippen LogP contribution in [0.25, 0.3) is 20.4 Å². The van der Waals surface area contributed by atoms with Gasteiger partial charge in [-0.25, -0.2) is 9.37 Å². The lowest BCUT2D eigenvalue weighted by Crippen LogP contribution is -2.19. The van der Waals surface area contributed by atoms with Crippen LogP contribution in [0.1, 0.15) is 10.4 Å². The number of amides is 1. The Hall–Kier alpha value is -2.42. The summed E-state index contributed by atoms with van der Waals surface area (Å²) in [5.41, 5.74) is 3.94. The number of nitrogens with zero attached hydrogens (tertiary/aromatic N) is 3. The molecule has 0 aliphatic rings. The molecule has 0 aliphatic heterocycles. The van der Waals surface area contributed by atoms with Crippen LogP contribution in [-0.4, -0.2) is 29.2 Å². The smallest absolute Gasteiger partial charge is 0.279 e. The number of carbonyl (C=O) groups excluding carboxylic acids is 1. The maximum Gasteiger partial charge on any atom is 0.279 e. The molecule has 2 heterocycles. The van der Waals surface area contributed by atoms with Crippen LogP contribution in [0.4, 0.5) is 4.39 Å². The Balaban J connectivity index is 1.81. The highest BCUT2D eigenvalue weighted by Crippen LogP contribution is 2.21. The first kappa shape index (κ1) is 17.0. The van der Waals surface area contributed by atoms with Crippen molar-refractivity contribution in [3.8, 4) is 0 Å². The van der Waals surface area contributed by atoms with Gasteiger partial charge in [0, 0.05) is 19.2 Å². The summed E-state index contributed by atoms with van der Waals surface area (Å²) < 4.78 is 22.3. The van der Waals surface area contributed by atoms with E-state index < -0.39 is 0 Å². The van der Waals surface area contributed by atoms with Crippen molar-refractivity contribution in [2.45, 2.75) is 6.54 Å². The number of methoxy groups -OCH3 is 1. The van der Waals surface area contributed by atoms with Crippen LogP contribution in [-0.2, 0) is 11.3 Å². The zero-order chi connectivity index (χ0) is 18.1. The van der Waals surface area contributed by atoms with Gasteiger partial charge in [-0.05, 0) is 36.4 Å². The zero-order valence-electron chi connectivity index (χ0n) is 13.8. The average molecular weight is 387 g/mol. The Kier molecular flexibility index (Phi) is 4.62. The fraction of sp³-hybridized carbons (Fsp3) is 0.167. The number of halogens is 1. The average Bonchev–Trinajstić information content (AvgIpc) is 3.23. The summed E-state index contributed by atoms with van der Waals surface area (Å²) in [4.78, 5) is 21.7. The number of aromatic nitrogens is 2. The van der Waals surface area contributed by atoms with Gasteiger partial charge in [-0.1, -0.05) is 11.3 Å². The van der Waals surface area contributed by atoms with Gasteiger partial charge in [0.25, 0.3) is 5.91 Å². The van der Waals surface area contributed by atoms with Crippen LogP contribution >= 0.6 is 22.7 Å². The van der Waals surface area contributed by atoms with Crippen molar-refractivity contribution in [1.29, 1.82) is 0 Å². The number of carbonyl (C=O) groups is 1. The van der Waals surface area contributed by atoms with Gasteiger partial charge in [-0.15, -0.1) is 11.3 Å². The molecule has 4 rings (SSSR count). The quantitative estimate of drug-likeness (QED) is 0.535. The molecule has 0 bridgehead atoms. The minimum atomic E-state index is -0.335. The largest absolute Gasteiger partial charge is 0.383 e. The van der Waals surface area contributed by atoms with E-state index in [1.165, 1.54) is 34.8 Å². The second kappa shape index (κ2) is 7.06. The fourth-order valence-electron chi connectivity index (χ4n) is 2.67. The van der Waals surface area contributed by atoms with E-state index in [1.807, 2.05) is 10.6 Å². The van der Waals surface area contributed by atoms with Crippen LogP contribution in [0, 0.1) is 5.82 Å². The summed E-state index contributed by atoms with van der Waals surface area (Å²) in [5.74, 6) is -0.648. The molecular weight excluding hydrogens is 373 g/mol. The number of hydrogen-bond acceptors (Lipinski definition) is 5. The van der Waals surface area contributed by atoms with Gasteiger partial charge >= 0.3 is 0 Å². The number of rotatable bonds is 4. The lowest BCUT2D eigenvalue weighted by atomic mass is 10.2. The summed E-state index contributed by atoms with van der Waals surface area (Å²) in [7, 11) is 1.61. The maximum atomic E-state index is 13.5. The fourth-order valence-corrected chi connectivity index (χ4v) is 4.47. The number of hydrogen-bond donors (Lipinski definition) is 0. The number of ether oxygens (including phenoxy) is 1. The molecule has 0 aliphatic carbocycles. The van der Waals surface area contributed by atoms with E-state index in [-0.39, 0.29) is 11.7 Å². The van der Waals surface area contributed by atoms with Crippen molar-refractivity contribution in [3.63, 3.8) is 0 Å². The molecule has 0 atom stereocenters. The van der Waals surface area contributed by atoms with E-state index >= 15 is 0 Å². The molecule has 0 saturated carbocycles. The number of thiazole rings is 2. The summed E-state index contributed by atoms with van der Waals surface area (Å²) in [6.07, 6.45) is 0. The molecule has 132 valence electrons. The summed E-state index contributed by atoms with van der Waals surface area (Å²) >= 11 is 2.77.